The molecule has 0 amide bonds. The van der Waals surface area contributed by atoms with Crippen molar-refractivity contribution in [2.24, 2.45) is 5.92 Å². The average molecular weight is 248 g/mol. The number of rotatable bonds is 8. The molecular formula is C16H24O2. The van der Waals surface area contributed by atoms with Crippen LogP contribution in [0, 0.1) is 5.92 Å². The summed E-state index contributed by atoms with van der Waals surface area (Å²) in [5.41, 5.74) is 0.925. The van der Waals surface area contributed by atoms with E-state index in [2.05, 4.69) is 13.8 Å². The molecule has 0 aliphatic rings. The van der Waals surface area contributed by atoms with Gasteiger partial charge in [0.15, 0.2) is 0 Å². The van der Waals surface area contributed by atoms with E-state index in [4.69, 9.17) is 0 Å². The first kappa shape index (κ1) is 14.7. The summed E-state index contributed by atoms with van der Waals surface area (Å²) in [6.45, 7) is 4.45. The largest absolute Gasteiger partial charge is 0.481 e. The Labute approximate surface area is 110 Å². The molecule has 0 fully saturated rings. The number of carbonyl (C=O) groups is 1. The van der Waals surface area contributed by atoms with E-state index in [1.54, 1.807) is 0 Å². The van der Waals surface area contributed by atoms with Crippen molar-refractivity contribution in [3.8, 4) is 0 Å². The van der Waals surface area contributed by atoms with Crippen molar-refractivity contribution in [3.05, 3.63) is 35.9 Å². The van der Waals surface area contributed by atoms with Gasteiger partial charge in [-0.3, -0.25) is 4.79 Å². The lowest BCUT2D eigenvalue weighted by Gasteiger charge is -2.12. The third-order valence-electron chi connectivity index (χ3n) is 3.27. The van der Waals surface area contributed by atoms with Gasteiger partial charge in [-0.05, 0) is 17.9 Å². The van der Waals surface area contributed by atoms with Gasteiger partial charge in [-0.25, -0.2) is 0 Å². The van der Waals surface area contributed by atoms with Crippen molar-refractivity contribution in [1.29, 1.82) is 0 Å². The molecule has 0 aliphatic carbocycles. The molecule has 1 N–H and O–H groups in total. The molecule has 0 spiro atoms. The zero-order valence-corrected chi connectivity index (χ0v) is 11.4. The van der Waals surface area contributed by atoms with Crippen LogP contribution < -0.4 is 0 Å². The fourth-order valence-electron chi connectivity index (χ4n) is 2.20. The van der Waals surface area contributed by atoms with Gasteiger partial charge in [-0.15, -0.1) is 0 Å². The highest BCUT2D eigenvalue weighted by Gasteiger charge is 2.18. The molecule has 0 saturated carbocycles. The van der Waals surface area contributed by atoms with Gasteiger partial charge in [0.2, 0.25) is 0 Å². The van der Waals surface area contributed by atoms with E-state index in [9.17, 15) is 9.90 Å². The van der Waals surface area contributed by atoms with Crippen LogP contribution in [0.15, 0.2) is 30.3 Å². The summed E-state index contributed by atoms with van der Waals surface area (Å²) < 4.78 is 0. The van der Waals surface area contributed by atoms with E-state index in [1.165, 1.54) is 12.8 Å². The van der Waals surface area contributed by atoms with Gasteiger partial charge in [-0.1, -0.05) is 69.9 Å². The summed E-state index contributed by atoms with van der Waals surface area (Å²) in [4.78, 5) is 11.3. The molecule has 2 heteroatoms. The minimum Gasteiger partial charge on any atom is -0.481 e. The number of aliphatic carboxylic acids is 1. The summed E-state index contributed by atoms with van der Waals surface area (Å²) in [7, 11) is 0. The molecule has 0 aromatic heterocycles. The number of hydrogen-bond donors (Lipinski definition) is 1. The van der Waals surface area contributed by atoms with E-state index in [0.29, 0.717) is 0 Å². The predicted octanol–water partition coefficient (Wildman–Crippen LogP) is 4.46. The third kappa shape index (κ3) is 5.35. The maximum atomic E-state index is 11.3. The highest BCUT2D eigenvalue weighted by Crippen LogP contribution is 2.23. The van der Waals surface area contributed by atoms with Crippen LogP contribution in [0.4, 0.5) is 0 Å². The van der Waals surface area contributed by atoms with Gasteiger partial charge in [0.25, 0.3) is 0 Å². The number of carboxylic acid groups (broad SMARTS) is 1. The van der Waals surface area contributed by atoms with Crippen LogP contribution >= 0.6 is 0 Å². The topological polar surface area (TPSA) is 37.3 Å². The zero-order chi connectivity index (χ0) is 13.4. The number of carboxylic acids is 1. The van der Waals surface area contributed by atoms with Gasteiger partial charge < -0.3 is 5.11 Å². The molecule has 0 saturated heterocycles. The lowest BCUT2D eigenvalue weighted by molar-refractivity contribution is -0.139. The standard InChI is InChI=1S/C16H24O2/c1-13(2)9-5-3-8-12-15(16(17)18)14-10-6-4-7-11-14/h4,6-7,10-11,13,15H,3,5,8-9,12H2,1-2H3,(H,17,18). The molecule has 18 heavy (non-hydrogen) atoms. The van der Waals surface area contributed by atoms with Crippen LogP contribution in [0.3, 0.4) is 0 Å². The Morgan fingerprint density at radius 2 is 1.67 bits per heavy atom. The highest BCUT2D eigenvalue weighted by atomic mass is 16.4. The van der Waals surface area contributed by atoms with Gasteiger partial charge in [-0.2, -0.15) is 0 Å². The maximum absolute atomic E-state index is 11.3. The van der Waals surface area contributed by atoms with Crippen LogP contribution in [0.2, 0.25) is 0 Å². The molecule has 2 nitrogen and oxygen atoms in total. The number of unbranched alkanes of at least 4 members (excludes halogenated alkanes) is 2. The second kappa shape index (κ2) is 7.91. The first-order valence-electron chi connectivity index (χ1n) is 6.89. The molecule has 1 aromatic carbocycles. The Hall–Kier alpha value is -1.31. The molecule has 1 rings (SSSR count). The van der Waals surface area contributed by atoms with Gasteiger partial charge >= 0.3 is 5.97 Å². The second-order valence-electron chi connectivity index (χ2n) is 5.33. The highest BCUT2D eigenvalue weighted by molar-refractivity contribution is 5.75. The van der Waals surface area contributed by atoms with E-state index >= 15 is 0 Å². The van der Waals surface area contributed by atoms with E-state index < -0.39 is 5.97 Å². The Bertz CT molecular complexity index is 343. The molecular weight excluding hydrogens is 224 g/mol. The summed E-state index contributed by atoms with van der Waals surface area (Å²) in [5, 5.41) is 9.27. The first-order valence-corrected chi connectivity index (χ1v) is 6.89. The quantitative estimate of drug-likeness (QED) is 0.689. The Balaban J connectivity index is 2.38. The monoisotopic (exact) mass is 248 g/mol. The van der Waals surface area contributed by atoms with Crippen molar-refractivity contribution >= 4 is 5.97 Å². The maximum Gasteiger partial charge on any atom is 0.310 e. The van der Waals surface area contributed by atoms with Crippen LogP contribution in [0.5, 0.6) is 0 Å². The lowest BCUT2D eigenvalue weighted by Crippen LogP contribution is -2.11. The Morgan fingerprint density at radius 1 is 1.06 bits per heavy atom. The molecule has 0 heterocycles. The molecule has 1 aromatic rings. The fraction of sp³-hybridized carbons (Fsp3) is 0.562. The summed E-state index contributed by atoms with van der Waals surface area (Å²) in [5.74, 6) is -0.301. The van der Waals surface area contributed by atoms with Gasteiger partial charge in [0, 0.05) is 0 Å². The van der Waals surface area contributed by atoms with Crippen LogP contribution in [-0.4, -0.2) is 11.1 Å². The van der Waals surface area contributed by atoms with Crippen LogP contribution in [0.1, 0.15) is 57.4 Å². The lowest BCUT2D eigenvalue weighted by atomic mass is 9.93. The van der Waals surface area contributed by atoms with Crippen molar-refractivity contribution < 1.29 is 9.90 Å². The predicted molar refractivity (Wildman–Crippen MR) is 74.7 cm³/mol. The SMILES string of the molecule is CC(C)CCCCCC(C(=O)O)c1ccccc1. The minimum absolute atomic E-state index is 0.342. The summed E-state index contributed by atoms with van der Waals surface area (Å²) in [6.07, 6.45) is 5.33. The van der Waals surface area contributed by atoms with E-state index in [0.717, 1.165) is 30.7 Å². The second-order valence-corrected chi connectivity index (χ2v) is 5.33. The molecule has 100 valence electrons. The summed E-state index contributed by atoms with van der Waals surface area (Å²) in [6, 6.07) is 9.55. The van der Waals surface area contributed by atoms with Crippen LogP contribution in [0.25, 0.3) is 0 Å². The Kier molecular flexibility index (Phi) is 6.48. The molecule has 0 bridgehead atoms. The molecule has 0 radical (unpaired) electrons. The fourth-order valence-corrected chi connectivity index (χ4v) is 2.20. The van der Waals surface area contributed by atoms with E-state index in [1.807, 2.05) is 30.3 Å². The van der Waals surface area contributed by atoms with Gasteiger partial charge in [0.05, 0.1) is 5.92 Å². The smallest absolute Gasteiger partial charge is 0.310 e. The first-order chi connectivity index (χ1) is 8.61. The zero-order valence-electron chi connectivity index (χ0n) is 11.4. The summed E-state index contributed by atoms with van der Waals surface area (Å²) >= 11 is 0. The third-order valence-corrected chi connectivity index (χ3v) is 3.27. The van der Waals surface area contributed by atoms with E-state index in [-0.39, 0.29) is 5.92 Å². The molecule has 1 atom stereocenters. The Morgan fingerprint density at radius 3 is 2.22 bits per heavy atom. The molecule has 1 unspecified atom stereocenters. The van der Waals surface area contributed by atoms with Crippen molar-refractivity contribution in [2.75, 3.05) is 0 Å². The molecule has 0 aliphatic heterocycles. The van der Waals surface area contributed by atoms with Crippen molar-refractivity contribution in [3.63, 3.8) is 0 Å². The van der Waals surface area contributed by atoms with Crippen molar-refractivity contribution in [2.45, 2.75) is 51.9 Å². The number of benzene rings is 1. The number of hydrogen-bond acceptors (Lipinski definition) is 1. The normalized spacial score (nSPS) is 12.6. The minimum atomic E-state index is -0.704. The van der Waals surface area contributed by atoms with Crippen LogP contribution in [-0.2, 0) is 4.79 Å². The van der Waals surface area contributed by atoms with Gasteiger partial charge in [0.1, 0.15) is 0 Å². The van der Waals surface area contributed by atoms with Crippen molar-refractivity contribution in [1.82, 2.24) is 0 Å². The average Bonchev–Trinajstić information content (AvgIpc) is 2.34.